The zero-order chi connectivity index (χ0) is 28.1. The largest absolute Gasteiger partial charge is 0.462 e. The molecule has 0 bridgehead atoms. The minimum Gasteiger partial charge on any atom is -0.462 e. The molecule has 1 aromatic heterocycles. The Morgan fingerprint density at radius 1 is 1.34 bits per heavy atom. The van der Waals surface area contributed by atoms with Gasteiger partial charge in [0.1, 0.15) is 24.0 Å². The summed E-state index contributed by atoms with van der Waals surface area (Å²) >= 11 is 5.68. The van der Waals surface area contributed by atoms with Gasteiger partial charge in [-0.3, -0.25) is 19.1 Å². The second-order valence-corrected chi connectivity index (χ2v) is 11.8. The molecule has 2 aromatic rings. The van der Waals surface area contributed by atoms with Crippen molar-refractivity contribution in [1.29, 1.82) is 0 Å². The minimum absolute atomic E-state index is 0.320. The predicted molar refractivity (Wildman–Crippen MR) is 141 cm³/mol. The quantitative estimate of drug-likeness (QED) is 0.161. The van der Waals surface area contributed by atoms with Crippen molar-refractivity contribution in [2.75, 3.05) is 6.61 Å². The molecule has 2 heterocycles. The van der Waals surface area contributed by atoms with E-state index in [4.69, 9.17) is 36.8 Å². The summed E-state index contributed by atoms with van der Waals surface area (Å²) in [6, 6.07) is 8.74. The van der Waals surface area contributed by atoms with E-state index in [-0.39, 0.29) is 12.7 Å². The van der Waals surface area contributed by atoms with E-state index in [1.807, 2.05) is 10.9 Å². The number of aromatic nitrogens is 2. The normalized spacial score (nSPS) is 23.9. The predicted octanol–water partition coefficient (Wildman–Crippen LogP) is 0.583. The lowest BCUT2D eigenvalue weighted by Crippen LogP contribution is -2.73. The van der Waals surface area contributed by atoms with Crippen LogP contribution in [-0.4, -0.2) is 62.8 Å². The van der Waals surface area contributed by atoms with Crippen LogP contribution in [-0.2, 0) is 36.3 Å². The van der Waals surface area contributed by atoms with Gasteiger partial charge in [-0.1, -0.05) is 31.0 Å². The third-order valence-corrected chi connectivity index (χ3v) is 8.03. The van der Waals surface area contributed by atoms with E-state index < -0.39 is 53.9 Å². The van der Waals surface area contributed by atoms with E-state index in [0.29, 0.717) is 12.2 Å². The lowest BCUT2D eigenvalue weighted by atomic mass is 9.88. The average Bonchev–Trinajstić information content (AvgIpc) is 2.87. The maximum absolute atomic E-state index is 12.6. The molecule has 1 unspecified atom stereocenters. The highest BCUT2D eigenvalue weighted by molar-refractivity contribution is 8.09. The Hall–Kier alpha value is -2.82. The number of nitrogens with one attached hydrogen (secondary N) is 2. The van der Waals surface area contributed by atoms with Crippen molar-refractivity contribution < 1.29 is 33.5 Å². The fraction of sp³-hybridized carbons (Fsp3) is 0.458. The van der Waals surface area contributed by atoms with Crippen molar-refractivity contribution in [2.45, 2.75) is 63.4 Å². The van der Waals surface area contributed by atoms with Gasteiger partial charge in [-0.2, -0.15) is 0 Å². The number of rotatable bonds is 12. The number of H-pyrrole nitrogens is 1. The minimum atomic E-state index is -3.46. The number of aromatic amines is 1. The highest BCUT2D eigenvalue weighted by atomic mass is 32.5. The first kappa shape index (κ1) is 29.7. The monoisotopic (exact) mass is 567 g/mol. The van der Waals surface area contributed by atoms with E-state index in [9.17, 15) is 24.6 Å². The first-order chi connectivity index (χ1) is 18.0. The number of aliphatic hydroxyl groups is 2. The van der Waals surface area contributed by atoms with Crippen LogP contribution in [0.1, 0.15) is 27.2 Å². The van der Waals surface area contributed by atoms with Crippen LogP contribution in [0, 0.1) is 12.3 Å². The summed E-state index contributed by atoms with van der Waals surface area (Å²) in [5.41, 5.74) is -3.71. The van der Waals surface area contributed by atoms with Crippen LogP contribution >= 0.6 is 6.64 Å². The molecular formula is C24H30N3O9PS. The molecule has 6 atom stereocenters. The van der Waals surface area contributed by atoms with Gasteiger partial charge in [-0.25, -0.2) is 9.88 Å². The van der Waals surface area contributed by atoms with Crippen molar-refractivity contribution >= 4 is 24.4 Å². The Morgan fingerprint density at radius 3 is 2.58 bits per heavy atom. The molecule has 12 nitrogen and oxygen atoms in total. The molecule has 3 rings (SSSR count). The Kier molecular flexibility index (Phi) is 9.67. The second kappa shape index (κ2) is 12.4. The van der Waals surface area contributed by atoms with E-state index in [2.05, 4.69) is 5.09 Å². The summed E-state index contributed by atoms with van der Waals surface area (Å²) in [6.07, 6.45) is 1.97. The second-order valence-electron chi connectivity index (χ2n) is 8.68. The number of carbonyl (C=O) groups is 1. The number of nitrogens with zero attached hydrogens (tertiary/aromatic N) is 1. The number of terminal acetylenes is 1. The number of hydrogen-bond donors (Lipinski definition) is 4. The number of benzene rings is 1. The number of aliphatic hydroxyl groups excluding tert-OH is 2. The molecule has 0 spiro atoms. The molecule has 0 saturated carbocycles. The number of esters is 1. The molecule has 206 valence electrons. The summed E-state index contributed by atoms with van der Waals surface area (Å²) in [7, 11) is 0. The molecule has 0 radical (unpaired) electrons. The Balaban J connectivity index is 1.83. The average molecular weight is 568 g/mol. The van der Waals surface area contributed by atoms with E-state index in [1.165, 1.54) is 0 Å². The molecule has 0 aliphatic carbocycles. The van der Waals surface area contributed by atoms with Crippen molar-refractivity contribution in [2.24, 2.45) is 0 Å². The Morgan fingerprint density at radius 2 is 2.03 bits per heavy atom. The third kappa shape index (κ3) is 6.42. The van der Waals surface area contributed by atoms with Crippen LogP contribution in [0.2, 0.25) is 0 Å². The Bertz CT molecular complexity index is 1330. The van der Waals surface area contributed by atoms with Crippen LogP contribution < -0.4 is 20.9 Å². The van der Waals surface area contributed by atoms with Gasteiger partial charge in [0.2, 0.25) is 5.72 Å². The zero-order valence-corrected chi connectivity index (χ0v) is 22.7. The topological polar surface area (TPSA) is 161 Å². The van der Waals surface area contributed by atoms with Crippen LogP contribution in [0.3, 0.4) is 0 Å². The van der Waals surface area contributed by atoms with Gasteiger partial charge in [0.15, 0.2) is 6.10 Å². The molecule has 1 saturated heterocycles. The van der Waals surface area contributed by atoms with Gasteiger partial charge in [-0.15, -0.1) is 6.42 Å². The van der Waals surface area contributed by atoms with Crippen LogP contribution in [0.5, 0.6) is 5.75 Å². The highest BCUT2D eigenvalue weighted by Gasteiger charge is 2.61. The lowest BCUT2D eigenvalue weighted by molar-refractivity contribution is -0.361. The van der Waals surface area contributed by atoms with Crippen LogP contribution in [0.15, 0.2) is 52.2 Å². The maximum Gasteiger partial charge on any atom is 0.330 e. The fourth-order valence-electron chi connectivity index (χ4n) is 3.76. The van der Waals surface area contributed by atoms with Gasteiger partial charge in [-0.05, 0) is 44.2 Å². The highest BCUT2D eigenvalue weighted by Crippen LogP contribution is 2.48. The summed E-state index contributed by atoms with van der Waals surface area (Å²) in [4.78, 5) is 38.5. The number of hydrogen-bond acceptors (Lipinski definition) is 10. The summed E-state index contributed by atoms with van der Waals surface area (Å²) in [5, 5.41) is 24.4. The number of para-hydroxylation sites is 1. The van der Waals surface area contributed by atoms with Crippen molar-refractivity contribution in [3.63, 3.8) is 0 Å². The summed E-state index contributed by atoms with van der Waals surface area (Å²) < 4.78 is 23.7. The summed E-state index contributed by atoms with van der Waals surface area (Å²) in [5.74, 6) is 1.88. The molecule has 1 aliphatic rings. The standard InChI is InChI=1S/C24H30N3O9PS/c1-5-17(22(31)34-15(3)4)26-37(38,36-16-10-8-7-9-11-16)33-14-18-21(30)24(35-18,19(28)6-2)27-13-12-20(29)25-23(27)32/h2,7-13,15,17-19,21,28,30H,5,14H2,1,3-4H3,(H,26,38)(H,25,29,32)/t17-,18+,19-,21+,24+,37?/m0/s1. The molecule has 38 heavy (non-hydrogen) atoms. The molecule has 1 fully saturated rings. The first-order valence-electron chi connectivity index (χ1n) is 11.8. The van der Waals surface area contributed by atoms with Crippen molar-refractivity contribution in [3.8, 4) is 18.1 Å². The molecule has 1 aromatic carbocycles. The SMILES string of the molecule is C#C[C@H](O)[C@@]1(n2ccc(=O)[nH]c2=O)O[C@H](COP(=S)(N[C@@H](CC)C(=O)OC(C)C)Oc2ccccc2)[C@H]1O. The molecule has 14 heteroatoms. The number of ether oxygens (including phenoxy) is 2. The summed E-state index contributed by atoms with van der Waals surface area (Å²) in [6.45, 7) is 1.39. The van der Waals surface area contributed by atoms with Gasteiger partial charge < -0.3 is 28.7 Å². The van der Waals surface area contributed by atoms with Crippen molar-refractivity contribution in [3.05, 3.63) is 63.4 Å². The van der Waals surface area contributed by atoms with Crippen LogP contribution in [0.25, 0.3) is 0 Å². The van der Waals surface area contributed by atoms with Gasteiger partial charge in [0.25, 0.3) is 5.56 Å². The smallest absolute Gasteiger partial charge is 0.330 e. The first-order valence-corrected chi connectivity index (χ1v) is 14.4. The van der Waals surface area contributed by atoms with E-state index >= 15 is 0 Å². The van der Waals surface area contributed by atoms with Gasteiger partial charge >= 0.3 is 18.3 Å². The fourth-order valence-corrected chi connectivity index (χ4v) is 6.18. The van der Waals surface area contributed by atoms with E-state index in [1.54, 1.807) is 51.1 Å². The third-order valence-electron chi connectivity index (χ3n) is 5.60. The molecule has 0 amide bonds. The lowest BCUT2D eigenvalue weighted by Gasteiger charge is -2.53. The Labute approximate surface area is 224 Å². The zero-order valence-electron chi connectivity index (χ0n) is 21.0. The van der Waals surface area contributed by atoms with Gasteiger partial charge in [0, 0.05) is 12.3 Å². The molecule has 4 N–H and O–H groups in total. The molecule has 1 aliphatic heterocycles. The van der Waals surface area contributed by atoms with Gasteiger partial charge in [0.05, 0.1) is 12.7 Å². The van der Waals surface area contributed by atoms with Crippen molar-refractivity contribution in [1.82, 2.24) is 14.6 Å². The maximum atomic E-state index is 12.6. The van der Waals surface area contributed by atoms with E-state index in [0.717, 1.165) is 16.8 Å². The van der Waals surface area contributed by atoms with Crippen LogP contribution in [0.4, 0.5) is 0 Å². The number of carbonyl (C=O) groups excluding carboxylic acids is 1. The molecular weight excluding hydrogens is 537 g/mol.